The molecule has 18 heavy (non-hydrogen) atoms. The molecule has 2 nitrogen and oxygen atoms in total. The minimum absolute atomic E-state index is 0.263. The zero-order valence-electron chi connectivity index (χ0n) is 11.8. The Hall–Kier alpha value is -1.09. The van der Waals surface area contributed by atoms with Crippen molar-refractivity contribution in [2.75, 3.05) is 13.7 Å². The Morgan fingerprint density at radius 3 is 2.61 bits per heavy atom. The second-order valence-electron chi connectivity index (χ2n) is 5.03. The fraction of sp³-hybridized carbons (Fsp3) is 0.600. The molecule has 1 aromatic rings. The molecule has 0 aliphatic rings. The summed E-state index contributed by atoms with van der Waals surface area (Å²) in [5, 5.41) is 3.51. The highest BCUT2D eigenvalue weighted by Gasteiger charge is 2.14. The van der Waals surface area contributed by atoms with Gasteiger partial charge in [-0.3, -0.25) is 0 Å². The molecule has 1 rings (SSSR count). The van der Waals surface area contributed by atoms with Crippen molar-refractivity contribution in [3.63, 3.8) is 0 Å². The van der Waals surface area contributed by atoms with E-state index in [1.54, 1.807) is 6.07 Å². The lowest BCUT2D eigenvalue weighted by Gasteiger charge is -2.21. The lowest BCUT2D eigenvalue weighted by molar-refractivity contribution is 0.382. The normalized spacial score (nSPS) is 12.8. The smallest absolute Gasteiger partial charge is 0.165 e. The van der Waals surface area contributed by atoms with E-state index in [2.05, 4.69) is 26.1 Å². The van der Waals surface area contributed by atoms with Crippen LogP contribution < -0.4 is 10.1 Å². The zero-order valence-corrected chi connectivity index (χ0v) is 11.8. The molecule has 1 unspecified atom stereocenters. The monoisotopic (exact) mass is 253 g/mol. The van der Waals surface area contributed by atoms with Crippen molar-refractivity contribution in [2.45, 2.75) is 39.7 Å². The maximum Gasteiger partial charge on any atom is 0.165 e. The van der Waals surface area contributed by atoms with Crippen LogP contribution in [0.15, 0.2) is 18.2 Å². The van der Waals surface area contributed by atoms with Crippen LogP contribution in [0.2, 0.25) is 0 Å². The largest absolute Gasteiger partial charge is 0.494 e. The first-order valence-corrected chi connectivity index (χ1v) is 6.65. The molecule has 0 heterocycles. The van der Waals surface area contributed by atoms with Crippen LogP contribution in [0.3, 0.4) is 0 Å². The molecular formula is C15H24FNO. The van der Waals surface area contributed by atoms with Crippen LogP contribution in [-0.4, -0.2) is 13.7 Å². The molecule has 1 N–H and O–H groups in total. The molecule has 1 aromatic carbocycles. The summed E-state index contributed by atoms with van der Waals surface area (Å²) < 4.78 is 18.4. The number of nitrogens with one attached hydrogen (secondary N) is 1. The summed E-state index contributed by atoms with van der Waals surface area (Å²) in [6.45, 7) is 7.50. The average molecular weight is 253 g/mol. The summed E-state index contributed by atoms with van der Waals surface area (Å²) in [5.74, 6) is 0.606. The van der Waals surface area contributed by atoms with Crippen molar-refractivity contribution in [1.29, 1.82) is 0 Å². The number of benzene rings is 1. The van der Waals surface area contributed by atoms with Gasteiger partial charge in [0.1, 0.15) is 0 Å². The molecule has 0 aliphatic heterocycles. The Kier molecular flexibility index (Phi) is 6.13. The Morgan fingerprint density at radius 1 is 1.33 bits per heavy atom. The first-order chi connectivity index (χ1) is 8.58. The van der Waals surface area contributed by atoms with E-state index in [1.807, 2.05) is 6.07 Å². The Labute approximate surface area is 110 Å². The molecule has 0 saturated carbocycles. The van der Waals surface area contributed by atoms with E-state index in [-0.39, 0.29) is 11.9 Å². The number of hydrogen-bond acceptors (Lipinski definition) is 2. The van der Waals surface area contributed by atoms with E-state index in [9.17, 15) is 4.39 Å². The predicted octanol–water partition coefficient (Wildman–Crippen LogP) is 3.92. The minimum Gasteiger partial charge on any atom is -0.494 e. The third kappa shape index (κ3) is 4.30. The summed E-state index contributed by atoms with van der Waals surface area (Å²) in [7, 11) is 1.50. The van der Waals surface area contributed by atoms with Gasteiger partial charge in [-0.1, -0.05) is 26.8 Å². The first kappa shape index (κ1) is 15.0. The average Bonchev–Trinajstić information content (AvgIpc) is 2.34. The van der Waals surface area contributed by atoms with E-state index in [1.165, 1.54) is 13.2 Å². The van der Waals surface area contributed by atoms with Gasteiger partial charge in [0.25, 0.3) is 0 Å². The van der Waals surface area contributed by atoms with Crippen LogP contribution in [0, 0.1) is 11.7 Å². The topological polar surface area (TPSA) is 21.3 Å². The van der Waals surface area contributed by atoms with Crippen LogP contribution in [-0.2, 0) is 0 Å². The van der Waals surface area contributed by atoms with E-state index in [4.69, 9.17) is 4.74 Å². The molecule has 0 spiro atoms. The number of hydrogen-bond donors (Lipinski definition) is 1. The van der Waals surface area contributed by atoms with Crippen molar-refractivity contribution in [3.8, 4) is 5.75 Å². The molecule has 102 valence electrons. The molecule has 3 heteroatoms. The van der Waals surface area contributed by atoms with Gasteiger partial charge in [0.05, 0.1) is 7.11 Å². The van der Waals surface area contributed by atoms with E-state index >= 15 is 0 Å². The summed E-state index contributed by atoms with van der Waals surface area (Å²) in [6.07, 6.45) is 2.13. The van der Waals surface area contributed by atoms with Gasteiger partial charge < -0.3 is 10.1 Å². The molecule has 0 bridgehead atoms. The van der Waals surface area contributed by atoms with Crippen LogP contribution in [0.25, 0.3) is 0 Å². The molecule has 0 radical (unpaired) electrons. The van der Waals surface area contributed by atoms with E-state index in [0.29, 0.717) is 11.7 Å². The van der Waals surface area contributed by atoms with E-state index in [0.717, 1.165) is 24.9 Å². The van der Waals surface area contributed by atoms with Crippen molar-refractivity contribution < 1.29 is 9.13 Å². The number of ether oxygens (including phenoxy) is 1. The van der Waals surface area contributed by atoms with Gasteiger partial charge in [-0.05, 0) is 43.0 Å². The standard InChI is InChI=1S/C15H24FNO/c1-5-8-17-14(9-11(2)3)12-6-7-13(16)15(10-12)18-4/h6-7,10-11,14,17H,5,8-9H2,1-4H3. The molecule has 0 aliphatic carbocycles. The molecule has 0 amide bonds. The zero-order chi connectivity index (χ0) is 13.5. The SMILES string of the molecule is CCCNC(CC(C)C)c1ccc(F)c(OC)c1. The fourth-order valence-electron chi connectivity index (χ4n) is 2.02. The van der Waals surface area contributed by atoms with Crippen LogP contribution in [0.1, 0.15) is 45.2 Å². The number of methoxy groups -OCH3 is 1. The maximum atomic E-state index is 13.4. The lowest BCUT2D eigenvalue weighted by Crippen LogP contribution is -2.23. The van der Waals surface area contributed by atoms with Gasteiger partial charge in [-0.2, -0.15) is 0 Å². The molecule has 0 fully saturated rings. The lowest BCUT2D eigenvalue weighted by atomic mass is 9.96. The highest BCUT2D eigenvalue weighted by Crippen LogP contribution is 2.26. The summed E-state index contributed by atoms with van der Waals surface area (Å²) in [5.41, 5.74) is 1.09. The van der Waals surface area contributed by atoms with Crippen molar-refractivity contribution >= 4 is 0 Å². The predicted molar refractivity (Wildman–Crippen MR) is 73.4 cm³/mol. The van der Waals surface area contributed by atoms with Gasteiger partial charge in [0, 0.05) is 6.04 Å². The molecule has 0 saturated heterocycles. The third-order valence-corrected chi connectivity index (χ3v) is 2.93. The van der Waals surface area contributed by atoms with Crippen LogP contribution in [0.5, 0.6) is 5.75 Å². The first-order valence-electron chi connectivity index (χ1n) is 6.65. The Balaban J connectivity index is 2.89. The molecular weight excluding hydrogens is 229 g/mol. The molecule has 1 atom stereocenters. The Morgan fingerprint density at radius 2 is 2.06 bits per heavy atom. The summed E-state index contributed by atoms with van der Waals surface area (Å²) in [6, 6.07) is 5.38. The van der Waals surface area contributed by atoms with Crippen molar-refractivity contribution in [3.05, 3.63) is 29.6 Å². The highest BCUT2D eigenvalue weighted by atomic mass is 19.1. The summed E-state index contributed by atoms with van der Waals surface area (Å²) >= 11 is 0. The highest BCUT2D eigenvalue weighted by molar-refractivity contribution is 5.32. The quantitative estimate of drug-likeness (QED) is 0.795. The second kappa shape index (κ2) is 7.37. The van der Waals surface area contributed by atoms with Gasteiger partial charge in [-0.15, -0.1) is 0 Å². The van der Waals surface area contributed by atoms with Gasteiger partial charge in [0.2, 0.25) is 0 Å². The summed E-state index contributed by atoms with van der Waals surface area (Å²) in [4.78, 5) is 0. The van der Waals surface area contributed by atoms with E-state index < -0.39 is 0 Å². The van der Waals surface area contributed by atoms with Crippen LogP contribution >= 0.6 is 0 Å². The minimum atomic E-state index is -0.306. The fourth-order valence-corrected chi connectivity index (χ4v) is 2.02. The number of halogens is 1. The van der Waals surface area contributed by atoms with Gasteiger partial charge >= 0.3 is 0 Å². The molecule has 0 aromatic heterocycles. The van der Waals surface area contributed by atoms with Crippen molar-refractivity contribution in [1.82, 2.24) is 5.32 Å². The van der Waals surface area contributed by atoms with Crippen LogP contribution in [0.4, 0.5) is 4.39 Å². The Bertz CT molecular complexity index is 366. The maximum absolute atomic E-state index is 13.4. The van der Waals surface area contributed by atoms with Gasteiger partial charge in [0.15, 0.2) is 11.6 Å². The third-order valence-electron chi connectivity index (χ3n) is 2.93. The van der Waals surface area contributed by atoms with Gasteiger partial charge in [-0.25, -0.2) is 4.39 Å². The number of rotatable bonds is 7. The van der Waals surface area contributed by atoms with Crippen molar-refractivity contribution in [2.24, 2.45) is 5.92 Å². The second-order valence-corrected chi connectivity index (χ2v) is 5.03.